The van der Waals surface area contributed by atoms with Gasteiger partial charge in [-0.2, -0.15) is 0 Å². The molecule has 0 aliphatic heterocycles. The lowest BCUT2D eigenvalue weighted by molar-refractivity contribution is -0.140. The van der Waals surface area contributed by atoms with Crippen molar-refractivity contribution in [2.24, 2.45) is 0 Å². The Balaban J connectivity index is 2.13. The molecule has 3 aromatic carbocycles. The first kappa shape index (κ1) is 26.1. The molecule has 0 amide bonds. The minimum absolute atomic E-state index is 0.0820. The Morgan fingerprint density at radius 1 is 0.800 bits per heavy atom. The van der Waals surface area contributed by atoms with E-state index in [-0.39, 0.29) is 18.2 Å². The quantitative estimate of drug-likeness (QED) is 0.195. The van der Waals surface area contributed by atoms with Gasteiger partial charge in [0.05, 0.1) is 18.7 Å². The van der Waals surface area contributed by atoms with Crippen molar-refractivity contribution in [3.8, 4) is 0 Å². The van der Waals surface area contributed by atoms with E-state index >= 15 is 0 Å². The summed E-state index contributed by atoms with van der Waals surface area (Å²) in [7, 11) is 1.38. The van der Waals surface area contributed by atoms with Gasteiger partial charge in [-0.1, -0.05) is 103 Å². The van der Waals surface area contributed by atoms with Crippen LogP contribution in [0.3, 0.4) is 0 Å². The standard InChI is InChI=1S/C31H35NO3/c1-24(2)14-13-21-29(33)28(22-23-30(34)35-3)32-31(25-15-7-4-8-16-25,26-17-9-5-10-18-26)27-19-11-6-12-20-27/h4-12,14-20,28,32H,13,21-23H2,1-3H3/t28-/m0/s1. The molecule has 0 saturated carbocycles. The van der Waals surface area contributed by atoms with Crippen molar-refractivity contribution in [3.63, 3.8) is 0 Å². The average Bonchev–Trinajstić information content (AvgIpc) is 2.90. The summed E-state index contributed by atoms with van der Waals surface area (Å²) in [4.78, 5) is 25.6. The minimum Gasteiger partial charge on any atom is -0.469 e. The Hall–Kier alpha value is -3.50. The Morgan fingerprint density at radius 3 is 1.66 bits per heavy atom. The first-order chi connectivity index (χ1) is 17.0. The van der Waals surface area contributed by atoms with Crippen molar-refractivity contribution in [2.45, 2.75) is 51.1 Å². The molecular weight excluding hydrogens is 434 g/mol. The van der Waals surface area contributed by atoms with Crippen LogP contribution >= 0.6 is 0 Å². The lowest BCUT2D eigenvalue weighted by Gasteiger charge is -2.40. The second kappa shape index (κ2) is 12.8. The molecule has 4 nitrogen and oxygen atoms in total. The number of Topliss-reactive ketones (excluding diaryl/α,β-unsaturated/α-hetero) is 1. The highest BCUT2D eigenvalue weighted by Crippen LogP contribution is 2.37. The molecule has 0 fully saturated rings. The van der Waals surface area contributed by atoms with Gasteiger partial charge in [-0.05, 0) is 43.4 Å². The van der Waals surface area contributed by atoms with Crippen LogP contribution in [-0.4, -0.2) is 24.9 Å². The summed E-state index contributed by atoms with van der Waals surface area (Å²) < 4.78 is 4.89. The molecule has 1 atom stereocenters. The lowest BCUT2D eigenvalue weighted by atomic mass is 9.76. The van der Waals surface area contributed by atoms with E-state index in [4.69, 9.17) is 4.74 Å². The lowest BCUT2D eigenvalue weighted by Crippen LogP contribution is -2.52. The number of carbonyl (C=O) groups excluding carboxylic acids is 2. The van der Waals surface area contributed by atoms with Crippen LogP contribution < -0.4 is 5.32 Å². The SMILES string of the molecule is COC(=O)CC[C@H](NC(c1ccccc1)(c1ccccc1)c1ccccc1)C(=O)CCC=C(C)C. The Bertz CT molecular complexity index is 1010. The largest absolute Gasteiger partial charge is 0.469 e. The summed E-state index contributed by atoms with van der Waals surface area (Å²) >= 11 is 0. The molecule has 1 N–H and O–H groups in total. The predicted molar refractivity (Wildman–Crippen MR) is 141 cm³/mol. The topological polar surface area (TPSA) is 55.4 Å². The van der Waals surface area contributed by atoms with E-state index in [1.54, 1.807) is 0 Å². The summed E-state index contributed by atoms with van der Waals surface area (Å²) in [5.74, 6) is -0.239. The normalized spacial score (nSPS) is 12.0. The van der Waals surface area contributed by atoms with Crippen molar-refractivity contribution in [3.05, 3.63) is 119 Å². The van der Waals surface area contributed by atoms with Crippen molar-refractivity contribution >= 4 is 11.8 Å². The maximum Gasteiger partial charge on any atom is 0.305 e. The zero-order valence-corrected chi connectivity index (χ0v) is 20.9. The van der Waals surface area contributed by atoms with Crippen LogP contribution in [0.25, 0.3) is 0 Å². The van der Waals surface area contributed by atoms with Crippen molar-refractivity contribution in [1.29, 1.82) is 0 Å². The first-order valence-electron chi connectivity index (χ1n) is 12.1. The zero-order valence-electron chi connectivity index (χ0n) is 20.9. The van der Waals surface area contributed by atoms with E-state index < -0.39 is 11.6 Å². The van der Waals surface area contributed by atoms with E-state index in [2.05, 4.69) is 47.8 Å². The molecule has 3 rings (SSSR count). The number of benzene rings is 3. The van der Waals surface area contributed by atoms with Crippen LogP contribution in [0.15, 0.2) is 103 Å². The number of hydrogen-bond donors (Lipinski definition) is 1. The number of allylic oxidation sites excluding steroid dienone is 2. The fourth-order valence-corrected chi connectivity index (χ4v) is 4.43. The molecule has 0 spiro atoms. The molecule has 0 bridgehead atoms. The van der Waals surface area contributed by atoms with Crippen LogP contribution in [0, 0.1) is 0 Å². The maximum atomic E-state index is 13.6. The Morgan fingerprint density at radius 2 is 1.26 bits per heavy atom. The van der Waals surface area contributed by atoms with Gasteiger partial charge in [0.15, 0.2) is 0 Å². The van der Waals surface area contributed by atoms with Gasteiger partial charge in [0.1, 0.15) is 5.78 Å². The number of hydrogen-bond acceptors (Lipinski definition) is 4. The molecule has 0 aliphatic rings. The van der Waals surface area contributed by atoms with Gasteiger partial charge in [-0.25, -0.2) is 0 Å². The summed E-state index contributed by atoms with van der Waals surface area (Å²) in [6.07, 6.45) is 3.67. The highest BCUT2D eigenvalue weighted by atomic mass is 16.5. The van der Waals surface area contributed by atoms with Crippen molar-refractivity contribution < 1.29 is 14.3 Å². The minimum atomic E-state index is -0.781. The molecule has 0 saturated heterocycles. The van der Waals surface area contributed by atoms with E-state index in [1.165, 1.54) is 12.7 Å². The van der Waals surface area contributed by atoms with E-state index in [1.807, 2.05) is 68.4 Å². The van der Waals surface area contributed by atoms with E-state index in [0.29, 0.717) is 19.3 Å². The zero-order chi connectivity index (χ0) is 25.1. The highest BCUT2D eigenvalue weighted by Gasteiger charge is 2.39. The number of carbonyl (C=O) groups is 2. The second-order valence-electron chi connectivity index (χ2n) is 8.95. The van der Waals surface area contributed by atoms with Gasteiger partial charge < -0.3 is 4.74 Å². The highest BCUT2D eigenvalue weighted by molar-refractivity contribution is 5.85. The Kier molecular flexibility index (Phi) is 9.56. The third kappa shape index (κ3) is 6.77. The summed E-state index contributed by atoms with van der Waals surface area (Å²) in [6.45, 7) is 4.06. The molecule has 35 heavy (non-hydrogen) atoms. The molecule has 4 heteroatoms. The smallest absolute Gasteiger partial charge is 0.305 e. The summed E-state index contributed by atoms with van der Waals surface area (Å²) in [6, 6.07) is 30.0. The maximum absolute atomic E-state index is 13.6. The molecular formula is C31H35NO3. The number of ketones is 1. The Labute approximate surface area is 209 Å². The van der Waals surface area contributed by atoms with Crippen LogP contribution in [-0.2, 0) is 19.9 Å². The van der Waals surface area contributed by atoms with E-state index in [9.17, 15) is 9.59 Å². The molecule has 3 aromatic rings. The molecule has 0 aliphatic carbocycles. The molecule has 0 heterocycles. The van der Waals surface area contributed by atoms with Crippen molar-refractivity contribution in [2.75, 3.05) is 7.11 Å². The summed E-state index contributed by atoms with van der Waals surface area (Å²) in [5.41, 5.74) is 3.48. The molecule has 0 unspecified atom stereocenters. The number of methoxy groups -OCH3 is 1. The number of esters is 1. The van der Waals surface area contributed by atoms with Gasteiger partial charge in [0.2, 0.25) is 0 Å². The van der Waals surface area contributed by atoms with Gasteiger partial charge in [-0.15, -0.1) is 0 Å². The average molecular weight is 470 g/mol. The van der Waals surface area contributed by atoms with E-state index in [0.717, 1.165) is 16.7 Å². The third-order valence-corrected chi connectivity index (χ3v) is 6.21. The van der Waals surface area contributed by atoms with Gasteiger partial charge in [-0.3, -0.25) is 14.9 Å². The van der Waals surface area contributed by atoms with Crippen LogP contribution in [0.2, 0.25) is 0 Å². The van der Waals surface area contributed by atoms with Crippen LogP contribution in [0.1, 0.15) is 56.2 Å². The second-order valence-corrected chi connectivity index (χ2v) is 8.95. The number of rotatable bonds is 12. The number of ether oxygens (including phenoxy) is 1. The van der Waals surface area contributed by atoms with Crippen LogP contribution in [0.5, 0.6) is 0 Å². The molecule has 0 radical (unpaired) electrons. The third-order valence-electron chi connectivity index (χ3n) is 6.21. The fraction of sp³-hybridized carbons (Fsp3) is 0.290. The number of nitrogens with one attached hydrogen (secondary N) is 1. The van der Waals surface area contributed by atoms with Crippen LogP contribution in [0.4, 0.5) is 0 Å². The van der Waals surface area contributed by atoms with Crippen molar-refractivity contribution in [1.82, 2.24) is 5.32 Å². The fourth-order valence-electron chi connectivity index (χ4n) is 4.43. The monoisotopic (exact) mass is 469 g/mol. The van der Waals surface area contributed by atoms with Gasteiger partial charge in [0.25, 0.3) is 0 Å². The van der Waals surface area contributed by atoms with Gasteiger partial charge in [0, 0.05) is 12.8 Å². The molecule has 182 valence electrons. The van der Waals surface area contributed by atoms with Gasteiger partial charge >= 0.3 is 5.97 Å². The summed E-state index contributed by atoms with van der Waals surface area (Å²) in [5, 5.41) is 3.76. The first-order valence-corrected chi connectivity index (χ1v) is 12.1. The molecule has 0 aromatic heterocycles. The predicted octanol–water partition coefficient (Wildman–Crippen LogP) is 6.21.